The molecule has 1 heterocycles. The lowest BCUT2D eigenvalue weighted by Gasteiger charge is -2.39. The van der Waals surface area contributed by atoms with Gasteiger partial charge in [-0.05, 0) is 60.4 Å². The fraction of sp³-hybridized carbons (Fsp3) is 0.464. The van der Waals surface area contributed by atoms with Crippen molar-refractivity contribution >= 4 is 33.4 Å². The molecule has 6 nitrogen and oxygen atoms in total. The molecule has 1 N–H and O–H groups in total. The summed E-state index contributed by atoms with van der Waals surface area (Å²) in [7, 11) is 6.76. The molecule has 0 radical (unpaired) electrons. The van der Waals surface area contributed by atoms with Gasteiger partial charge in [0.2, 0.25) is 5.91 Å². The number of nitrogens with one attached hydrogen (secondary N) is 1. The van der Waals surface area contributed by atoms with Crippen LogP contribution in [0.1, 0.15) is 46.9 Å². The van der Waals surface area contributed by atoms with Gasteiger partial charge in [0.25, 0.3) is 0 Å². The Kier molecular flexibility index (Phi) is 6.18. The summed E-state index contributed by atoms with van der Waals surface area (Å²) in [6.45, 7) is 1.52. The number of benzene rings is 2. The second kappa shape index (κ2) is 9.03. The van der Waals surface area contributed by atoms with E-state index in [-0.39, 0.29) is 12.3 Å². The Bertz CT molecular complexity index is 1240. The topological polar surface area (TPSA) is 82.1 Å². The Morgan fingerprint density at radius 3 is 2.43 bits per heavy atom. The Labute approximate surface area is 210 Å². The van der Waals surface area contributed by atoms with Crippen LogP contribution in [0.5, 0.6) is 0 Å². The summed E-state index contributed by atoms with van der Waals surface area (Å²) >= 11 is 1.60. The third kappa shape index (κ3) is 5.11. The highest BCUT2D eigenvalue weighted by molar-refractivity contribution is 7.18. The van der Waals surface area contributed by atoms with Gasteiger partial charge in [0.1, 0.15) is 5.01 Å². The van der Waals surface area contributed by atoms with E-state index in [2.05, 4.69) is 44.7 Å². The number of carbonyl (C=O) groups is 2. The molecule has 1 aromatic heterocycles. The summed E-state index contributed by atoms with van der Waals surface area (Å²) in [6.07, 6.45) is 3.04. The molecule has 184 valence electrons. The van der Waals surface area contributed by atoms with Crippen LogP contribution in [0.2, 0.25) is 0 Å². The van der Waals surface area contributed by atoms with Crippen molar-refractivity contribution in [2.45, 2.75) is 44.6 Å². The summed E-state index contributed by atoms with van der Waals surface area (Å²) in [4.78, 5) is 29.5. The lowest BCUT2D eigenvalue weighted by Crippen LogP contribution is -2.45. The largest absolute Gasteiger partial charge is 0.550 e. The van der Waals surface area contributed by atoms with Crippen molar-refractivity contribution in [1.82, 2.24) is 10.3 Å². The zero-order valence-electron chi connectivity index (χ0n) is 20.7. The number of fused-ring (bicyclic) bond motifs is 2. The molecule has 0 saturated heterocycles. The van der Waals surface area contributed by atoms with Crippen molar-refractivity contribution in [2.24, 2.45) is 11.3 Å². The summed E-state index contributed by atoms with van der Waals surface area (Å²) in [5.74, 6) is -0.0246. The molecule has 2 aliphatic carbocycles. The number of amides is 1. The van der Waals surface area contributed by atoms with E-state index in [1.807, 2.05) is 24.3 Å². The fourth-order valence-electron chi connectivity index (χ4n) is 5.93. The number of hydrogen-bond donors (Lipinski definition) is 1. The number of aliphatic carboxylic acids is 1. The molecule has 0 atom stereocenters. The summed E-state index contributed by atoms with van der Waals surface area (Å²) < 4.78 is 2.15. The average Bonchev–Trinajstić information content (AvgIpc) is 3.33. The van der Waals surface area contributed by atoms with E-state index in [0.29, 0.717) is 25.3 Å². The van der Waals surface area contributed by atoms with Crippen LogP contribution in [-0.2, 0) is 29.0 Å². The molecule has 5 rings (SSSR count). The molecular weight excluding hydrogens is 458 g/mol. The maximum absolute atomic E-state index is 13.3. The first kappa shape index (κ1) is 23.9. The lowest BCUT2D eigenvalue weighted by molar-refractivity contribution is -0.874. The molecule has 7 heteroatoms. The second-order valence-corrected chi connectivity index (χ2v) is 12.6. The van der Waals surface area contributed by atoms with Crippen LogP contribution < -0.4 is 10.4 Å². The molecular formula is C28H33N3O3S. The molecule has 0 unspecified atom stereocenters. The fourth-order valence-corrected chi connectivity index (χ4v) is 6.89. The van der Waals surface area contributed by atoms with E-state index < -0.39 is 11.4 Å². The first-order chi connectivity index (χ1) is 16.6. The van der Waals surface area contributed by atoms with Crippen molar-refractivity contribution in [3.63, 3.8) is 0 Å². The maximum atomic E-state index is 13.3. The maximum Gasteiger partial charge on any atom is 0.227 e. The number of thiazole rings is 1. The second-order valence-electron chi connectivity index (χ2n) is 11.5. The van der Waals surface area contributed by atoms with Gasteiger partial charge < -0.3 is 19.7 Å². The predicted molar refractivity (Wildman–Crippen MR) is 136 cm³/mol. The minimum absolute atomic E-state index is 0.240. The summed E-state index contributed by atoms with van der Waals surface area (Å²) in [5.41, 5.74) is 3.40. The Hall–Kier alpha value is -2.77. The van der Waals surface area contributed by atoms with E-state index in [0.717, 1.165) is 36.8 Å². The molecule has 2 aromatic carbocycles. The predicted octanol–water partition coefficient (Wildman–Crippen LogP) is 3.04. The first-order valence-electron chi connectivity index (χ1n) is 12.3. The highest BCUT2D eigenvalue weighted by Crippen LogP contribution is 2.43. The Balaban J connectivity index is 1.24. The highest BCUT2D eigenvalue weighted by atomic mass is 32.1. The van der Waals surface area contributed by atoms with Crippen molar-refractivity contribution in [3.05, 3.63) is 64.2 Å². The highest BCUT2D eigenvalue weighted by Gasteiger charge is 2.43. The van der Waals surface area contributed by atoms with Gasteiger partial charge in [-0.1, -0.05) is 30.3 Å². The van der Waals surface area contributed by atoms with Gasteiger partial charge in [0, 0.05) is 18.3 Å². The van der Waals surface area contributed by atoms with Crippen molar-refractivity contribution in [3.8, 4) is 0 Å². The van der Waals surface area contributed by atoms with Gasteiger partial charge in [-0.25, -0.2) is 4.98 Å². The van der Waals surface area contributed by atoms with E-state index in [4.69, 9.17) is 4.98 Å². The monoisotopic (exact) mass is 491 g/mol. The quantitative estimate of drug-likeness (QED) is 0.491. The molecule has 35 heavy (non-hydrogen) atoms. The van der Waals surface area contributed by atoms with Crippen LogP contribution in [0.25, 0.3) is 10.2 Å². The van der Waals surface area contributed by atoms with Crippen molar-refractivity contribution in [1.29, 1.82) is 0 Å². The van der Waals surface area contributed by atoms with Crippen molar-refractivity contribution < 1.29 is 19.2 Å². The molecule has 2 aliphatic rings. The van der Waals surface area contributed by atoms with Gasteiger partial charge in [0.15, 0.2) is 0 Å². The van der Waals surface area contributed by atoms with Gasteiger partial charge in [-0.3, -0.25) is 4.79 Å². The number of carboxylic acid groups (broad SMARTS) is 1. The van der Waals surface area contributed by atoms with Gasteiger partial charge in [-0.15, -0.1) is 11.3 Å². The SMILES string of the molecule is C[N+](C)(C)C[C@H]1C[C@@H](c2ccc3nc(CNC(=O)C4(CC(=O)[O-])Cc5ccccc5C4)sc3c2)C1. The normalized spacial score (nSPS) is 20.9. The number of carboxylic acids is 1. The minimum atomic E-state index is -1.19. The first-order valence-corrected chi connectivity index (χ1v) is 13.2. The van der Waals surface area contributed by atoms with Gasteiger partial charge in [0.05, 0.1) is 49.9 Å². The lowest BCUT2D eigenvalue weighted by atomic mass is 9.71. The molecule has 1 fully saturated rings. The van der Waals surface area contributed by atoms with Crippen LogP contribution >= 0.6 is 11.3 Å². The van der Waals surface area contributed by atoms with Crippen LogP contribution in [0.3, 0.4) is 0 Å². The standard InChI is InChI=1S/C28H33N3O3S/c1-31(2,3)17-18-10-22(11-18)19-8-9-23-24(12-19)35-25(30-23)16-29-27(34)28(15-26(32)33)13-20-6-4-5-7-21(20)14-28/h4-9,12,18,22H,10-11,13-17H2,1-3H3,(H-,29,32,33,34)/t18-,22+. The number of aromatic nitrogens is 1. The van der Waals surface area contributed by atoms with Gasteiger partial charge >= 0.3 is 0 Å². The Morgan fingerprint density at radius 1 is 1.11 bits per heavy atom. The zero-order valence-corrected chi connectivity index (χ0v) is 21.5. The third-order valence-electron chi connectivity index (χ3n) is 7.51. The van der Waals surface area contributed by atoms with Crippen LogP contribution in [-0.4, -0.2) is 49.0 Å². The smallest absolute Gasteiger partial charge is 0.227 e. The Morgan fingerprint density at radius 2 is 1.80 bits per heavy atom. The molecule has 0 aliphatic heterocycles. The van der Waals surface area contributed by atoms with E-state index in [1.54, 1.807) is 11.3 Å². The van der Waals surface area contributed by atoms with Crippen LogP contribution in [0.4, 0.5) is 0 Å². The van der Waals surface area contributed by atoms with Crippen molar-refractivity contribution in [2.75, 3.05) is 27.7 Å². The number of nitrogens with zero attached hydrogens (tertiary/aromatic N) is 2. The number of quaternary nitrogens is 1. The molecule has 1 amide bonds. The summed E-state index contributed by atoms with van der Waals surface area (Å²) in [6, 6.07) is 14.3. The van der Waals surface area contributed by atoms with E-state index in [1.165, 1.54) is 24.9 Å². The third-order valence-corrected chi connectivity index (χ3v) is 8.53. The van der Waals surface area contributed by atoms with Crippen LogP contribution in [0.15, 0.2) is 42.5 Å². The molecule has 3 aromatic rings. The number of carbonyl (C=O) groups excluding carboxylic acids is 2. The van der Waals surface area contributed by atoms with Crippen LogP contribution in [0, 0.1) is 11.3 Å². The van der Waals surface area contributed by atoms with Gasteiger partial charge in [-0.2, -0.15) is 0 Å². The van der Waals surface area contributed by atoms with E-state index >= 15 is 0 Å². The minimum Gasteiger partial charge on any atom is -0.550 e. The van der Waals surface area contributed by atoms with E-state index in [9.17, 15) is 14.7 Å². The zero-order chi connectivity index (χ0) is 24.8. The average molecular weight is 492 g/mol. The molecule has 0 spiro atoms. The summed E-state index contributed by atoms with van der Waals surface area (Å²) in [5, 5.41) is 15.3. The number of hydrogen-bond acceptors (Lipinski definition) is 5. The molecule has 0 bridgehead atoms. The number of rotatable bonds is 8. The molecule has 1 saturated carbocycles.